The molecule has 5 heteroatoms. The predicted octanol–water partition coefficient (Wildman–Crippen LogP) is 2.55. The summed E-state index contributed by atoms with van der Waals surface area (Å²) in [6, 6.07) is 1.83. The molecule has 0 aliphatic carbocycles. The van der Waals surface area contributed by atoms with Gasteiger partial charge in [-0.3, -0.25) is 9.59 Å². The van der Waals surface area contributed by atoms with Crippen LogP contribution < -0.4 is 0 Å². The Morgan fingerprint density at radius 1 is 1.39 bits per heavy atom. The van der Waals surface area contributed by atoms with Crippen LogP contribution in [0.5, 0.6) is 0 Å². The Bertz CT molecular complexity index is 432. The summed E-state index contributed by atoms with van der Waals surface area (Å²) in [6.45, 7) is 8.06. The minimum Gasteiger partial charge on any atom is -0.480 e. The number of hydrogen-bond acceptors (Lipinski definition) is 3. The number of carboxylic acids is 1. The van der Waals surface area contributed by atoms with Gasteiger partial charge in [-0.25, -0.2) is 0 Å². The molecule has 0 atom stereocenters. The zero-order valence-electron chi connectivity index (χ0n) is 11.2. The van der Waals surface area contributed by atoms with Crippen LogP contribution >= 0.6 is 11.3 Å². The molecule has 0 aliphatic rings. The topological polar surface area (TPSA) is 57.6 Å². The molecule has 0 fully saturated rings. The average molecular weight is 269 g/mol. The number of aliphatic carboxylic acids is 1. The van der Waals surface area contributed by atoms with E-state index in [2.05, 4.69) is 0 Å². The monoisotopic (exact) mass is 269 g/mol. The highest BCUT2D eigenvalue weighted by molar-refractivity contribution is 7.14. The first kappa shape index (κ1) is 14.7. The van der Waals surface area contributed by atoms with Gasteiger partial charge in [0.05, 0.1) is 4.88 Å². The van der Waals surface area contributed by atoms with Crippen LogP contribution in [0.1, 0.15) is 34.0 Å². The van der Waals surface area contributed by atoms with Gasteiger partial charge in [-0.15, -0.1) is 11.3 Å². The first-order chi connectivity index (χ1) is 8.31. The van der Waals surface area contributed by atoms with Crippen LogP contribution in [-0.2, 0) is 4.79 Å². The molecule has 1 aromatic heterocycles. The van der Waals surface area contributed by atoms with E-state index in [0.29, 0.717) is 11.4 Å². The molecule has 1 heterocycles. The second-order valence-electron chi connectivity index (χ2n) is 4.82. The third kappa shape index (κ3) is 3.84. The van der Waals surface area contributed by atoms with E-state index in [1.807, 2.05) is 33.8 Å². The smallest absolute Gasteiger partial charge is 0.323 e. The maximum absolute atomic E-state index is 12.3. The standard InChI is InChI=1S/C13H19NO3S/c1-8(2)6-14(7-12(15)16)13(17)11-5-9(3)10(4)18-11/h5,8H,6-7H2,1-4H3,(H,15,16). The summed E-state index contributed by atoms with van der Waals surface area (Å²) in [5.74, 6) is -0.920. The summed E-state index contributed by atoms with van der Waals surface area (Å²) < 4.78 is 0. The van der Waals surface area contributed by atoms with Crippen LogP contribution in [0, 0.1) is 19.8 Å². The number of thiophene rings is 1. The van der Waals surface area contributed by atoms with Crippen LogP contribution in [0.15, 0.2) is 6.07 Å². The molecule has 0 aromatic carbocycles. The highest BCUT2D eigenvalue weighted by Gasteiger charge is 2.21. The van der Waals surface area contributed by atoms with E-state index in [9.17, 15) is 9.59 Å². The Morgan fingerprint density at radius 2 is 2.00 bits per heavy atom. The number of nitrogens with zero attached hydrogens (tertiary/aromatic N) is 1. The number of hydrogen-bond donors (Lipinski definition) is 1. The lowest BCUT2D eigenvalue weighted by Crippen LogP contribution is -2.37. The average Bonchev–Trinajstić information content (AvgIpc) is 2.56. The van der Waals surface area contributed by atoms with Crippen molar-refractivity contribution in [1.29, 1.82) is 0 Å². The van der Waals surface area contributed by atoms with E-state index in [1.165, 1.54) is 16.2 Å². The molecule has 0 aliphatic heterocycles. The number of carboxylic acid groups (broad SMARTS) is 1. The normalized spacial score (nSPS) is 10.7. The van der Waals surface area contributed by atoms with Gasteiger partial charge in [-0.05, 0) is 31.4 Å². The first-order valence-corrected chi connectivity index (χ1v) is 6.71. The number of carbonyl (C=O) groups excluding carboxylic acids is 1. The van der Waals surface area contributed by atoms with Gasteiger partial charge in [-0.1, -0.05) is 13.8 Å². The molecule has 1 amide bonds. The maximum atomic E-state index is 12.3. The molecule has 0 saturated heterocycles. The molecule has 1 rings (SSSR count). The molecule has 0 unspecified atom stereocenters. The van der Waals surface area contributed by atoms with Gasteiger partial charge >= 0.3 is 5.97 Å². The van der Waals surface area contributed by atoms with Gasteiger partial charge in [0.25, 0.3) is 5.91 Å². The van der Waals surface area contributed by atoms with Crippen LogP contribution in [0.4, 0.5) is 0 Å². The van der Waals surface area contributed by atoms with Crippen LogP contribution in [-0.4, -0.2) is 35.0 Å². The Labute approximate surface area is 111 Å². The van der Waals surface area contributed by atoms with Gasteiger partial charge in [0.15, 0.2) is 0 Å². The maximum Gasteiger partial charge on any atom is 0.323 e. The van der Waals surface area contributed by atoms with E-state index in [-0.39, 0.29) is 18.4 Å². The third-order valence-electron chi connectivity index (χ3n) is 2.58. The van der Waals surface area contributed by atoms with E-state index in [0.717, 1.165) is 10.4 Å². The summed E-state index contributed by atoms with van der Waals surface area (Å²) in [5.41, 5.74) is 1.07. The Kier molecular flexibility index (Phi) is 4.90. The molecule has 0 spiro atoms. The van der Waals surface area contributed by atoms with E-state index in [1.54, 1.807) is 0 Å². The molecule has 1 N–H and O–H groups in total. The summed E-state index contributed by atoms with van der Waals surface area (Å²) in [7, 11) is 0. The van der Waals surface area contributed by atoms with Crippen LogP contribution in [0.25, 0.3) is 0 Å². The largest absolute Gasteiger partial charge is 0.480 e. The van der Waals surface area contributed by atoms with Crippen molar-refractivity contribution >= 4 is 23.2 Å². The predicted molar refractivity (Wildman–Crippen MR) is 72.2 cm³/mol. The first-order valence-electron chi connectivity index (χ1n) is 5.89. The van der Waals surface area contributed by atoms with Crippen molar-refractivity contribution in [3.05, 3.63) is 21.4 Å². The van der Waals surface area contributed by atoms with E-state index >= 15 is 0 Å². The van der Waals surface area contributed by atoms with Gasteiger partial charge < -0.3 is 10.0 Å². The minimum atomic E-state index is -0.978. The Morgan fingerprint density at radius 3 is 2.39 bits per heavy atom. The van der Waals surface area contributed by atoms with Gasteiger partial charge in [0, 0.05) is 11.4 Å². The highest BCUT2D eigenvalue weighted by Crippen LogP contribution is 2.22. The van der Waals surface area contributed by atoms with Gasteiger partial charge in [0.2, 0.25) is 0 Å². The molecule has 0 saturated carbocycles. The number of carbonyl (C=O) groups is 2. The lowest BCUT2D eigenvalue weighted by atomic mass is 10.2. The summed E-state index contributed by atoms with van der Waals surface area (Å²) in [6.07, 6.45) is 0. The number of rotatable bonds is 5. The fourth-order valence-corrected chi connectivity index (χ4v) is 2.66. The van der Waals surface area contributed by atoms with Crippen molar-refractivity contribution in [3.63, 3.8) is 0 Å². The Balaban J connectivity index is 2.90. The molecule has 1 aromatic rings. The second kappa shape index (κ2) is 6.00. The Hall–Kier alpha value is -1.36. The summed E-state index contributed by atoms with van der Waals surface area (Å²) in [5, 5.41) is 8.86. The fraction of sp³-hybridized carbons (Fsp3) is 0.538. The lowest BCUT2D eigenvalue weighted by molar-refractivity contribution is -0.137. The highest BCUT2D eigenvalue weighted by atomic mass is 32.1. The van der Waals surface area contributed by atoms with Crippen LogP contribution in [0.2, 0.25) is 0 Å². The third-order valence-corrected chi connectivity index (χ3v) is 3.72. The fourth-order valence-electron chi connectivity index (χ4n) is 1.66. The zero-order chi connectivity index (χ0) is 13.9. The SMILES string of the molecule is Cc1cc(C(=O)N(CC(=O)O)CC(C)C)sc1C. The van der Waals surface area contributed by atoms with Crippen LogP contribution in [0.3, 0.4) is 0 Å². The molecule has 0 bridgehead atoms. The molecule has 0 radical (unpaired) electrons. The quantitative estimate of drug-likeness (QED) is 0.893. The van der Waals surface area contributed by atoms with E-state index in [4.69, 9.17) is 5.11 Å². The summed E-state index contributed by atoms with van der Waals surface area (Å²) in [4.78, 5) is 26.2. The van der Waals surface area contributed by atoms with Crippen molar-refractivity contribution in [1.82, 2.24) is 4.90 Å². The molecule has 4 nitrogen and oxygen atoms in total. The van der Waals surface area contributed by atoms with Crippen molar-refractivity contribution in [2.24, 2.45) is 5.92 Å². The van der Waals surface area contributed by atoms with Crippen molar-refractivity contribution in [3.8, 4) is 0 Å². The number of aryl methyl sites for hydroxylation is 2. The van der Waals surface area contributed by atoms with Crippen molar-refractivity contribution in [2.45, 2.75) is 27.7 Å². The van der Waals surface area contributed by atoms with Gasteiger partial charge in [-0.2, -0.15) is 0 Å². The van der Waals surface area contributed by atoms with E-state index < -0.39 is 5.97 Å². The lowest BCUT2D eigenvalue weighted by Gasteiger charge is -2.21. The molecular weight excluding hydrogens is 250 g/mol. The molecule has 100 valence electrons. The molecule has 18 heavy (non-hydrogen) atoms. The summed E-state index contributed by atoms with van der Waals surface area (Å²) >= 11 is 1.42. The van der Waals surface area contributed by atoms with Crippen molar-refractivity contribution in [2.75, 3.05) is 13.1 Å². The van der Waals surface area contributed by atoms with Crippen molar-refractivity contribution < 1.29 is 14.7 Å². The van der Waals surface area contributed by atoms with Gasteiger partial charge in [0.1, 0.15) is 6.54 Å². The second-order valence-corrected chi connectivity index (χ2v) is 6.08. The molecular formula is C13H19NO3S. The number of amides is 1. The minimum absolute atomic E-state index is 0.188. The zero-order valence-corrected chi connectivity index (χ0v) is 12.0.